The average molecular weight is 222 g/mol. The van der Waals surface area contributed by atoms with Crippen molar-refractivity contribution < 1.29 is 0 Å². The highest BCUT2D eigenvalue weighted by Gasteiger charge is 2.07. The van der Waals surface area contributed by atoms with Crippen LogP contribution in [0.2, 0.25) is 0 Å². The van der Waals surface area contributed by atoms with E-state index in [-0.39, 0.29) is 0 Å². The third-order valence-electron chi connectivity index (χ3n) is 1.95. The lowest BCUT2D eigenvalue weighted by atomic mass is 10.3. The molecule has 0 aliphatic heterocycles. The van der Waals surface area contributed by atoms with Crippen molar-refractivity contribution in [2.75, 3.05) is 0 Å². The van der Waals surface area contributed by atoms with Gasteiger partial charge in [-0.2, -0.15) is 0 Å². The second-order valence-corrected chi connectivity index (χ2v) is 5.49. The zero-order valence-electron chi connectivity index (χ0n) is 6.69. The highest BCUT2D eigenvalue weighted by atomic mass is 32.1. The topological polar surface area (TPSA) is 0 Å². The summed E-state index contributed by atoms with van der Waals surface area (Å²) in [6.45, 7) is 0. The summed E-state index contributed by atoms with van der Waals surface area (Å²) in [4.78, 5) is 2.82. The van der Waals surface area contributed by atoms with Gasteiger partial charge in [-0.1, -0.05) is 6.07 Å². The molecule has 0 spiro atoms. The van der Waals surface area contributed by atoms with E-state index in [0.29, 0.717) is 0 Å². The summed E-state index contributed by atoms with van der Waals surface area (Å²) in [5.74, 6) is 0. The molecule has 0 bridgehead atoms. The molecule has 0 fully saturated rings. The first kappa shape index (κ1) is 7.74. The Balaban J connectivity index is 2.33. The van der Waals surface area contributed by atoms with Crippen LogP contribution in [0.5, 0.6) is 0 Å². The molecule has 0 saturated heterocycles. The van der Waals surface area contributed by atoms with Crippen LogP contribution < -0.4 is 0 Å². The molecule has 0 aromatic carbocycles. The molecular formula is C10H6S3. The van der Waals surface area contributed by atoms with Crippen LogP contribution in [0.15, 0.2) is 34.3 Å². The van der Waals surface area contributed by atoms with Crippen molar-refractivity contribution in [1.82, 2.24) is 0 Å². The lowest BCUT2D eigenvalue weighted by molar-refractivity contribution is 2.00. The zero-order chi connectivity index (χ0) is 8.67. The SMILES string of the molecule is c1csc(-c2scc3ccsc23)c1. The van der Waals surface area contributed by atoms with Crippen LogP contribution in [-0.2, 0) is 0 Å². The highest BCUT2D eigenvalue weighted by Crippen LogP contribution is 2.39. The standard InChI is InChI=1S/C10H6S3/c1-2-8(11-4-1)10-9-7(6-13-10)3-5-12-9/h1-6H. The van der Waals surface area contributed by atoms with E-state index in [1.165, 1.54) is 19.8 Å². The van der Waals surface area contributed by atoms with Gasteiger partial charge in [0.15, 0.2) is 0 Å². The summed E-state index contributed by atoms with van der Waals surface area (Å²) in [5, 5.41) is 7.92. The molecule has 0 N–H and O–H groups in total. The molecule has 0 unspecified atom stereocenters. The first-order chi connectivity index (χ1) is 6.45. The van der Waals surface area contributed by atoms with Crippen molar-refractivity contribution in [3.8, 4) is 9.75 Å². The third-order valence-corrected chi connectivity index (χ3v) is 5.08. The van der Waals surface area contributed by atoms with Crippen molar-refractivity contribution in [3.05, 3.63) is 34.3 Å². The third kappa shape index (κ3) is 1.15. The summed E-state index contributed by atoms with van der Waals surface area (Å²) in [5.41, 5.74) is 0. The first-order valence-corrected chi connectivity index (χ1v) is 6.57. The van der Waals surface area contributed by atoms with Crippen LogP contribution in [0.25, 0.3) is 19.8 Å². The van der Waals surface area contributed by atoms with E-state index in [1.807, 2.05) is 34.0 Å². The minimum Gasteiger partial charge on any atom is -0.143 e. The van der Waals surface area contributed by atoms with Crippen molar-refractivity contribution in [3.63, 3.8) is 0 Å². The van der Waals surface area contributed by atoms with Crippen LogP contribution in [0.3, 0.4) is 0 Å². The molecule has 0 saturated carbocycles. The van der Waals surface area contributed by atoms with Gasteiger partial charge in [-0.25, -0.2) is 0 Å². The van der Waals surface area contributed by atoms with Gasteiger partial charge in [-0.3, -0.25) is 0 Å². The summed E-state index contributed by atoms with van der Waals surface area (Å²) >= 11 is 5.50. The quantitative estimate of drug-likeness (QED) is 0.560. The molecule has 0 amide bonds. The first-order valence-electron chi connectivity index (χ1n) is 3.94. The van der Waals surface area contributed by atoms with Gasteiger partial charge in [0.2, 0.25) is 0 Å². The van der Waals surface area contributed by atoms with Gasteiger partial charge >= 0.3 is 0 Å². The molecule has 0 radical (unpaired) electrons. The molecule has 13 heavy (non-hydrogen) atoms. The maximum absolute atomic E-state index is 2.24. The molecule has 3 rings (SSSR count). The molecular weight excluding hydrogens is 216 g/mol. The lowest BCUT2D eigenvalue weighted by Crippen LogP contribution is -1.58. The van der Waals surface area contributed by atoms with E-state index in [0.717, 1.165) is 0 Å². The second-order valence-electron chi connectivity index (χ2n) is 2.75. The summed E-state index contributed by atoms with van der Waals surface area (Å²) in [7, 11) is 0. The minimum absolute atomic E-state index is 1.39. The van der Waals surface area contributed by atoms with Crippen LogP contribution in [0, 0.1) is 0 Å². The van der Waals surface area contributed by atoms with Crippen LogP contribution in [-0.4, -0.2) is 0 Å². The molecule has 0 aliphatic carbocycles. The Hall–Kier alpha value is -0.640. The van der Waals surface area contributed by atoms with Gasteiger partial charge in [-0.05, 0) is 22.9 Å². The van der Waals surface area contributed by atoms with Crippen LogP contribution in [0.1, 0.15) is 0 Å². The number of thiophene rings is 3. The predicted molar refractivity (Wildman–Crippen MR) is 63.0 cm³/mol. The fourth-order valence-electron chi connectivity index (χ4n) is 1.35. The van der Waals surface area contributed by atoms with E-state index in [2.05, 4.69) is 34.3 Å². The monoisotopic (exact) mass is 222 g/mol. The Kier molecular flexibility index (Phi) is 1.75. The molecule has 64 valence electrons. The van der Waals surface area contributed by atoms with Crippen molar-refractivity contribution in [2.45, 2.75) is 0 Å². The van der Waals surface area contributed by atoms with E-state index in [9.17, 15) is 0 Å². The van der Waals surface area contributed by atoms with E-state index >= 15 is 0 Å². The molecule has 3 heteroatoms. The Morgan fingerprint density at radius 1 is 0.923 bits per heavy atom. The molecule has 0 aliphatic rings. The highest BCUT2D eigenvalue weighted by molar-refractivity contribution is 7.27. The van der Waals surface area contributed by atoms with Crippen molar-refractivity contribution >= 4 is 44.1 Å². The minimum atomic E-state index is 1.39. The van der Waals surface area contributed by atoms with E-state index in [4.69, 9.17) is 0 Å². The molecule has 3 heterocycles. The zero-order valence-corrected chi connectivity index (χ0v) is 9.14. The number of rotatable bonds is 1. The van der Waals surface area contributed by atoms with Crippen molar-refractivity contribution in [2.24, 2.45) is 0 Å². The molecule has 3 aromatic heterocycles. The lowest BCUT2D eigenvalue weighted by Gasteiger charge is -1.88. The largest absolute Gasteiger partial charge is 0.143 e. The maximum Gasteiger partial charge on any atom is 0.0620 e. The Morgan fingerprint density at radius 2 is 1.92 bits per heavy atom. The van der Waals surface area contributed by atoms with Gasteiger partial charge in [-0.15, -0.1) is 34.0 Å². The van der Waals surface area contributed by atoms with Gasteiger partial charge in [0, 0.05) is 15.6 Å². The van der Waals surface area contributed by atoms with Gasteiger partial charge in [0.1, 0.15) is 0 Å². The van der Waals surface area contributed by atoms with Gasteiger partial charge < -0.3 is 0 Å². The predicted octanol–water partition coefficient (Wildman–Crippen LogP) is 4.69. The Morgan fingerprint density at radius 3 is 2.77 bits per heavy atom. The maximum atomic E-state index is 2.24. The number of fused-ring (bicyclic) bond motifs is 1. The average Bonchev–Trinajstić information content (AvgIpc) is 2.79. The summed E-state index contributed by atoms with van der Waals surface area (Å²) in [6.07, 6.45) is 0. The fourth-order valence-corrected chi connectivity index (χ4v) is 4.42. The summed E-state index contributed by atoms with van der Waals surface area (Å²) < 4.78 is 1.44. The van der Waals surface area contributed by atoms with Crippen LogP contribution in [0.4, 0.5) is 0 Å². The molecule has 3 aromatic rings. The Bertz CT molecular complexity index is 513. The van der Waals surface area contributed by atoms with Crippen molar-refractivity contribution in [1.29, 1.82) is 0 Å². The van der Waals surface area contributed by atoms with Gasteiger partial charge in [0.05, 0.1) is 9.58 Å². The molecule has 0 atom stereocenters. The second kappa shape index (κ2) is 2.94. The fraction of sp³-hybridized carbons (Fsp3) is 0. The van der Waals surface area contributed by atoms with Gasteiger partial charge in [0.25, 0.3) is 0 Å². The summed E-state index contributed by atoms with van der Waals surface area (Å²) in [6, 6.07) is 6.49. The number of hydrogen-bond donors (Lipinski definition) is 0. The Labute approximate surface area is 88.1 Å². The smallest absolute Gasteiger partial charge is 0.0620 e. The normalized spacial score (nSPS) is 11.1. The van der Waals surface area contributed by atoms with E-state index in [1.54, 1.807) is 0 Å². The van der Waals surface area contributed by atoms with Crippen LogP contribution >= 0.6 is 34.0 Å². The molecule has 0 nitrogen and oxygen atoms in total. The number of hydrogen-bond acceptors (Lipinski definition) is 3. The van der Waals surface area contributed by atoms with E-state index < -0.39 is 0 Å².